The third-order valence-corrected chi connectivity index (χ3v) is 5.39. The van der Waals surface area contributed by atoms with Crippen LogP contribution >= 0.6 is 15.9 Å². The van der Waals surface area contributed by atoms with Gasteiger partial charge < -0.3 is 14.8 Å². The Labute approximate surface area is 198 Å². The third-order valence-electron chi connectivity index (χ3n) is 4.50. The topological polar surface area (TPSA) is 115 Å². The Bertz CT molecular complexity index is 1200. The minimum absolute atomic E-state index is 0.00132. The number of halogens is 1. The van der Waals surface area contributed by atoms with Gasteiger partial charge in [-0.05, 0) is 60.0 Å². The van der Waals surface area contributed by atoms with Gasteiger partial charge in [-0.3, -0.25) is 10.1 Å². The number of benzene rings is 3. The molecule has 0 aliphatic carbocycles. The molecular weight excluding hydrogens is 492 g/mol. The van der Waals surface area contributed by atoms with E-state index in [9.17, 15) is 14.9 Å². The molecule has 2 amide bonds. The summed E-state index contributed by atoms with van der Waals surface area (Å²) in [5, 5.41) is 17.6. The van der Waals surface area contributed by atoms with Gasteiger partial charge in [0.2, 0.25) is 0 Å². The first-order chi connectivity index (χ1) is 15.9. The molecular formula is C23H21BrN4O5. The molecule has 0 aliphatic heterocycles. The number of nitrogens with zero attached hydrogens (tertiary/aromatic N) is 2. The highest BCUT2D eigenvalue weighted by atomic mass is 79.9. The molecule has 0 bridgehead atoms. The van der Waals surface area contributed by atoms with Crippen molar-refractivity contribution in [2.24, 2.45) is 5.10 Å². The van der Waals surface area contributed by atoms with Crippen LogP contribution in [0.4, 0.5) is 16.2 Å². The van der Waals surface area contributed by atoms with Crippen LogP contribution in [-0.4, -0.2) is 24.3 Å². The van der Waals surface area contributed by atoms with Gasteiger partial charge in [-0.25, -0.2) is 10.2 Å². The van der Waals surface area contributed by atoms with Crippen LogP contribution in [-0.2, 0) is 6.61 Å². The standard InChI is InChI=1S/C23H21BrN4O5/c1-15-10-18(7-8-20(15)24)26-23(29)27-25-13-16-6-9-21(22(12-16)32-2)33-14-17-4-3-5-19(11-17)28(30)31/h3-13H,14H2,1-2H3,(H2,26,27,29)/b25-13+. The largest absolute Gasteiger partial charge is 0.493 e. The van der Waals surface area contributed by atoms with E-state index in [0.29, 0.717) is 28.3 Å². The number of methoxy groups -OCH3 is 1. The highest BCUT2D eigenvalue weighted by Crippen LogP contribution is 2.28. The van der Waals surface area contributed by atoms with Crippen LogP contribution in [0.25, 0.3) is 0 Å². The molecule has 0 aromatic heterocycles. The fourth-order valence-corrected chi connectivity index (χ4v) is 3.10. The Balaban J connectivity index is 1.58. The first kappa shape index (κ1) is 23.7. The normalized spacial score (nSPS) is 10.6. The number of nitrogens with one attached hydrogen (secondary N) is 2. The van der Waals surface area contributed by atoms with E-state index in [0.717, 1.165) is 10.0 Å². The lowest BCUT2D eigenvalue weighted by Gasteiger charge is -2.11. The number of rotatable bonds is 8. The van der Waals surface area contributed by atoms with Gasteiger partial charge in [0, 0.05) is 22.3 Å². The minimum atomic E-state index is -0.475. The number of nitro benzene ring substituents is 1. The van der Waals surface area contributed by atoms with E-state index in [-0.39, 0.29) is 12.3 Å². The second-order valence-corrected chi connectivity index (χ2v) is 7.77. The van der Waals surface area contributed by atoms with E-state index in [1.165, 1.54) is 25.5 Å². The number of urea groups is 1. The number of nitro groups is 1. The van der Waals surface area contributed by atoms with Crippen molar-refractivity contribution in [1.29, 1.82) is 0 Å². The Morgan fingerprint density at radius 3 is 2.70 bits per heavy atom. The number of non-ortho nitro benzene ring substituents is 1. The fourth-order valence-electron chi connectivity index (χ4n) is 2.85. The summed E-state index contributed by atoms with van der Waals surface area (Å²) in [5.74, 6) is 0.927. The predicted octanol–water partition coefficient (Wildman–Crippen LogP) is 5.41. The zero-order valence-corrected chi connectivity index (χ0v) is 19.5. The highest BCUT2D eigenvalue weighted by molar-refractivity contribution is 9.10. The summed E-state index contributed by atoms with van der Waals surface area (Å²) in [6, 6.07) is 16.4. The first-order valence-corrected chi connectivity index (χ1v) is 10.6. The van der Waals surface area contributed by atoms with Crippen LogP contribution in [0.3, 0.4) is 0 Å². The van der Waals surface area contributed by atoms with E-state index in [1.54, 1.807) is 36.4 Å². The maximum Gasteiger partial charge on any atom is 0.339 e. The number of carbonyl (C=O) groups excluding carboxylic acids is 1. The highest BCUT2D eigenvalue weighted by Gasteiger charge is 2.09. The molecule has 10 heteroatoms. The maximum atomic E-state index is 12.0. The van der Waals surface area contributed by atoms with Crippen molar-refractivity contribution in [1.82, 2.24) is 5.43 Å². The SMILES string of the molecule is COc1cc(/C=N/NC(=O)Nc2ccc(Br)c(C)c2)ccc1OCc1cccc([N+](=O)[O-])c1. The van der Waals surface area contributed by atoms with Crippen LogP contribution in [0, 0.1) is 17.0 Å². The van der Waals surface area contributed by atoms with Gasteiger partial charge in [-0.15, -0.1) is 0 Å². The zero-order chi connectivity index (χ0) is 23.8. The molecule has 0 unspecified atom stereocenters. The van der Waals surface area contributed by atoms with Gasteiger partial charge in [0.1, 0.15) is 6.61 Å². The number of aryl methyl sites for hydroxylation is 1. The monoisotopic (exact) mass is 512 g/mol. The van der Waals surface area contributed by atoms with E-state index < -0.39 is 11.0 Å². The summed E-state index contributed by atoms with van der Waals surface area (Å²) < 4.78 is 12.1. The van der Waals surface area contributed by atoms with Crippen molar-refractivity contribution in [2.45, 2.75) is 13.5 Å². The molecule has 0 saturated heterocycles. The lowest BCUT2D eigenvalue weighted by molar-refractivity contribution is -0.384. The summed E-state index contributed by atoms with van der Waals surface area (Å²) in [7, 11) is 1.50. The first-order valence-electron chi connectivity index (χ1n) is 9.76. The maximum absolute atomic E-state index is 12.0. The van der Waals surface area contributed by atoms with Crippen LogP contribution in [0.2, 0.25) is 0 Å². The van der Waals surface area contributed by atoms with Crippen LogP contribution in [0.5, 0.6) is 11.5 Å². The average molecular weight is 513 g/mol. The minimum Gasteiger partial charge on any atom is -0.493 e. The average Bonchev–Trinajstić information content (AvgIpc) is 2.80. The molecule has 0 fully saturated rings. The Kier molecular flexibility index (Phi) is 7.98. The second-order valence-electron chi connectivity index (χ2n) is 6.91. The lowest BCUT2D eigenvalue weighted by atomic mass is 10.2. The number of hydrogen-bond donors (Lipinski definition) is 2. The van der Waals surface area contributed by atoms with Gasteiger partial charge in [0.05, 0.1) is 18.2 Å². The van der Waals surface area contributed by atoms with Crippen molar-refractivity contribution in [2.75, 3.05) is 12.4 Å². The van der Waals surface area contributed by atoms with E-state index in [1.807, 2.05) is 19.1 Å². The molecule has 3 rings (SSSR count). The van der Waals surface area contributed by atoms with Crippen LogP contribution in [0.1, 0.15) is 16.7 Å². The summed E-state index contributed by atoms with van der Waals surface area (Å²) in [6.45, 7) is 2.07. The molecule has 0 atom stereocenters. The lowest BCUT2D eigenvalue weighted by Crippen LogP contribution is -2.24. The quantitative estimate of drug-likeness (QED) is 0.238. The molecule has 0 radical (unpaired) electrons. The van der Waals surface area contributed by atoms with Crippen molar-refractivity contribution < 1.29 is 19.2 Å². The number of hydrogen-bond acceptors (Lipinski definition) is 6. The van der Waals surface area contributed by atoms with Gasteiger partial charge >= 0.3 is 6.03 Å². The number of hydrazone groups is 1. The van der Waals surface area contributed by atoms with Crippen molar-refractivity contribution in [3.8, 4) is 11.5 Å². The van der Waals surface area contributed by atoms with Crippen molar-refractivity contribution in [3.05, 3.63) is 91.9 Å². The molecule has 9 nitrogen and oxygen atoms in total. The van der Waals surface area contributed by atoms with Crippen molar-refractivity contribution in [3.63, 3.8) is 0 Å². The van der Waals surface area contributed by atoms with Gasteiger partial charge in [-0.2, -0.15) is 5.10 Å². The van der Waals surface area contributed by atoms with Crippen LogP contribution < -0.4 is 20.2 Å². The predicted molar refractivity (Wildman–Crippen MR) is 129 cm³/mol. The molecule has 0 saturated carbocycles. The summed E-state index contributed by atoms with van der Waals surface area (Å²) in [4.78, 5) is 22.5. The Hall–Kier alpha value is -3.92. The van der Waals surface area contributed by atoms with Gasteiger partial charge in [0.25, 0.3) is 5.69 Å². The molecule has 3 aromatic carbocycles. The molecule has 170 valence electrons. The fraction of sp³-hybridized carbons (Fsp3) is 0.130. The van der Waals surface area contributed by atoms with Crippen molar-refractivity contribution >= 4 is 39.6 Å². The smallest absolute Gasteiger partial charge is 0.339 e. The summed E-state index contributed by atoms with van der Waals surface area (Å²) in [6.07, 6.45) is 1.47. The summed E-state index contributed by atoms with van der Waals surface area (Å²) in [5.41, 5.74) is 5.39. The molecule has 0 heterocycles. The third kappa shape index (κ3) is 6.78. The van der Waals surface area contributed by atoms with Crippen LogP contribution in [0.15, 0.2) is 70.2 Å². The molecule has 33 heavy (non-hydrogen) atoms. The number of ether oxygens (including phenoxy) is 2. The molecule has 2 N–H and O–H groups in total. The molecule has 0 aliphatic rings. The molecule has 0 spiro atoms. The second kappa shape index (κ2) is 11.1. The van der Waals surface area contributed by atoms with E-state index in [2.05, 4.69) is 31.8 Å². The summed E-state index contributed by atoms with van der Waals surface area (Å²) >= 11 is 3.41. The van der Waals surface area contributed by atoms with Gasteiger partial charge in [0.15, 0.2) is 11.5 Å². The number of carbonyl (C=O) groups is 1. The van der Waals surface area contributed by atoms with Gasteiger partial charge in [-0.1, -0.05) is 28.1 Å². The number of amides is 2. The molecule has 3 aromatic rings. The number of anilines is 1. The van der Waals surface area contributed by atoms with E-state index >= 15 is 0 Å². The van der Waals surface area contributed by atoms with E-state index in [4.69, 9.17) is 9.47 Å². The zero-order valence-electron chi connectivity index (χ0n) is 17.9. The Morgan fingerprint density at radius 2 is 1.97 bits per heavy atom. The Morgan fingerprint density at radius 1 is 1.15 bits per heavy atom.